The normalized spacial score (nSPS) is 15.1. The highest BCUT2D eigenvalue weighted by Gasteiger charge is 2.38. The summed E-state index contributed by atoms with van der Waals surface area (Å²) >= 11 is 0. The zero-order valence-electron chi connectivity index (χ0n) is 17.0. The lowest BCUT2D eigenvalue weighted by atomic mass is 9.94. The molecule has 0 radical (unpaired) electrons. The fourth-order valence-electron chi connectivity index (χ4n) is 4.06. The van der Waals surface area contributed by atoms with Gasteiger partial charge in [0.25, 0.3) is 0 Å². The molecule has 1 fully saturated rings. The second-order valence-corrected chi connectivity index (χ2v) is 12.4. The molecule has 0 aliphatic heterocycles. The lowest BCUT2D eigenvalue weighted by Gasteiger charge is -2.27. The summed E-state index contributed by atoms with van der Waals surface area (Å²) in [5.74, 6) is 0.0500. The van der Waals surface area contributed by atoms with Crippen LogP contribution in [0.4, 0.5) is 0 Å². The molecule has 154 valence electrons. The van der Waals surface area contributed by atoms with Crippen molar-refractivity contribution in [1.82, 2.24) is 0 Å². The molecular formula is C24H29O3PS. The van der Waals surface area contributed by atoms with Crippen LogP contribution in [0.15, 0.2) is 83.0 Å². The van der Waals surface area contributed by atoms with Crippen LogP contribution in [0.5, 0.6) is 0 Å². The summed E-state index contributed by atoms with van der Waals surface area (Å²) in [6.07, 6.45) is 5.03. The van der Waals surface area contributed by atoms with E-state index in [-0.39, 0.29) is 16.0 Å². The molecule has 0 bridgehead atoms. The van der Waals surface area contributed by atoms with Crippen LogP contribution in [-0.2, 0) is 14.4 Å². The van der Waals surface area contributed by atoms with Crippen molar-refractivity contribution < 1.29 is 13.0 Å². The number of rotatable bonds is 7. The van der Waals surface area contributed by atoms with Crippen molar-refractivity contribution >= 4 is 27.6 Å². The molecule has 0 aromatic heterocycles. The number of hydrogen-bond acceptors (Lipinski definition) is 3. The van der Waals surface area contributed by atoms with E-state index >= 15 is 0 Å². The van der Waals surface area contributed by atoms with Crippen LogP contribution in [0.1, 0.15) is 45.4 Å². The van der Waals surface area contributed by atoms with Crippen molar-refractivity contribution in [3.8, 4) is 0 Å². The Labute approximate surface area is 174 Å². The van der Waals surface area contributed by atoms with Crippen LogP contribution in [0.2, 0.25) is 0 Å². The maximum absolute atomic E-state index is 14.7. The average molecular weight is 429 g/mol. The van der Waals surface area contributed by atoms with Gasteiger partial charge < -0.3 is 4.57 Å². The Morgan fingerprint density at radius 3 is 1.83 bits per heavy atom. The van der Waals surface area contributed by atoms with Gasteiger partial charge in [0.05, 0.1) is 10.7 Å². The van der Waals surface area contributed by atoms with Gasteiger partial charge in [0.2, 0.25) is 0 Å². The fraction of sp³-hybridized carbons (Fsp3) is 0.333. The fourth-order valence-corrected chi connectivity index (χ4v) is 9.16. The molecule has 2 aromatic carbocycles. The monoisotopic (exact) mass is 428 g/mol. The lowest BCUT2D eigenvalue weighted by molar-refractivity contribution is 0.582. The van der Waals surface area contributed by atoms with Crippen molar-refractivity contribution in [2.45, 2.75) is 45.4 Å². The molecule has 29 heavy (non-hydrogen) atoms. The number of hydrogen-bond donors (Lipinski definition) is 0. The third-order valence-electron chi connectivity index (χ3n) is 5.44. The highest BCUT2D eigenvalue weighted by Crippen LogP contribution is 2.56. The van der Waals surface area contributed by atoms with Gasteiger partial charge in [-0.15, -0.1) is 0 Å². The predicted octanol–water partition coefficient (Wildman–Crippen LogP) is 5.56. The van der Waals surface area contributed by atoms with Crippen LogP contribution in [-0.4, -0.2) is 14.2 Å². The van der Waals surface area contributed by atoms with Gasteiger partial charge in [0.15, 0.2) is 17.0 Å². The van der Waals surface area contributed by atoms with E-state index in [1.807, 2.05) is 67.6 Å². The maximum atomic E-state index is 14.7. The zero-order valence-corrected chi connectivity index (χ0v) is 18.7. The molecule has 0 atom stereocenters. The minimum absolute atomic E-state index is 0.0500. The predicted molar refractivity (Wildman–Crippen MR) is 123 cm³/mol. The first-order valence-electron chi connectivity index (χ1n) is 10.3. The summed E-state index contributed by atoms with van der Waals surface area (Å²) in [6, 6.07) is 18.4. The van der Waals surface area contributed by atoms with Gasteiger partial charge in [0.1, 0.15) is 0 Å². The molecule has 0 amide bonds. The van der Waals surface area contributed by atoms with E-state index in [4.69, 9.17) is 0 Å². The van der Waals surface area contributed by atoms with Gasteiger partial charge >= 0.3 is 0 Å². The molecule has 0 spiro atoms. The summed E-state index contributed by atoms with van der Waals surface area (Å²) < 4.78 is 41.3. The SMILES string of the molecule is C=C(C(=C1CCCCC1)S(=O)(=O)CCC)P(=O)(c1ccccc1)c1ccccc1. The maximum Gasteiger partial charge on any atom is 0.179 e. The van der Waals surface area contributed by atoms with E-state index in [1.165, 1.54) is 0 Å². The number of sulfone groups is 1. The van der Waals surface area contributed by atoms with Gasteiger partial charge in [-0.2, -0.15) is 0 Å². The van der Waals surface area contributed by atoms with E-state index in [9.17, 15) is 13.0 Å². The third kappa shape index (κ3) is 4.49. The summed E-state index contributed by atoms with van der Waals surface area (Å²) in [5.41, 5.74) is 0.904. The van der Waals surface area contributed by atoms with E-state index < -0.39 is 17.0 Å². The molecule has 1 aliphatic rings. The second kappa shape index (κ2) is 9.28. The molecule has 0 heterocycles. The van der Waals surface area contributed by atoms with E-state index in [1.54, 1.807) is 0 Å². The standard InChI is InChI=1S/C24H29O3PS/c1-3-19-29(26,27)24(21-13-7-4-8-14-21)20(2)28(25,22-15-9-5-10-16-22)23-17-11-6-12-18-23/h5-6,9-12,15-18H,2-4,7-8,13-14,19H2,1H3. The molecule has 3 nitrogen and oxygen atoms in total. The van der Waals surface area contributed by atoms with Crippen molar-refractivity contribution in [2.24, 2.45) is 0 Å². The van der Waals surface area contributed by atoms with Gasteiger partial charge in [-0.3, -0.25) is 0 Å². The van der Waals surface area contributed by atoms with E-state index in [0.29, 0.717) is 17.0 Å². The minimum atomic E-state index is -3.56. The Morgan fingerprint density at radius 2 is 1.38 bits per heavy atom. The van der Waals surface area contributed by atoms with Gasteiger partial charge in [-0.1, -0.05) is 86.2 Å². The van der Waals surface area contributed by atoms with Crippen molar-refractivity contribution in [1.29, 1.82) is 0 Å². The quantitative estimate of drug-likeness (QED) is 0.543. The van der Waals surface area contributed by atoms with Crippen LogP contribution < -0.4 is 10.6 Å². The Morgan fingerprint density at radius 1 is 0.897 bits per heavy atom. The molecule has 0 unspecified atom stereocenters. The Balaban J connectivity index is 2.26. The Bertz CT molecular complexity index is 987. The molecule has 0 saturated heterocycles. The third-order valence-corrected chi connectivity index (χ3v) is 10.7. The molecule has 1 saturated carbocycles. The molecular weight excluding hydrogens is 399 g/mol. The molecule has 5 heteroatoms. The second-order valence-electron chi connectivity index (χ2n) is 7.54. The summed E-state index contributed by atoms with van der Waals surface area (Å²) in [4.78, 5) is 0.259. The van der Waals surface area contributed by atoms with Crippen LogP contribution in [0.25, 0.3) is 0 Å². The lowest BCUT2D eigenvalue weighted by Crippen LogP contribution is -2.22. The van der Waals surface area contributed by atoms with Gasteiger partial charge in [0, 0.05) is 15.9 Å². The largest absolute Gasteiger partial charge is 0.309 e. The highest BCUT2D eigenvalue weighted by molar-refractivity contribution is 7.97. The van der Waals surface area contributed by atoms with E-state index in [0.717, 1.165) is 37.7 Å². The molecule has 1 aliphatic carbocycles. The highest BCUT2D eigenvalue weighted by atomic mass is 32.2. The van der Waals surface area contributed by atoms with Crippen molar-refractivity contribution in [2.75, 3.05) is 5.75 Å². The smallest absolute Gasteiger partial charge is 0.179 e. The summed E-state index contributed by atoms with van der Waals surface area (Å²) in [7, 11) is -6.95. The van der Waals surface area contributed by atoms with Gasteiger partial charge in [-0.05, 0) is 32.1 Å². The summed E-state index contributed by atoms with van der Waals surface area (Å²) in [6.45, 7) is 6.06. The average Bonchev–Trinajstić information content (AvgIpc) is 2.75. The zero-order chi connectivity index (χ0) is 20.9. The first kappa shape index (κ1) is 21.8. The van der Waals surface area contributed by atoms with Crippen LogP contribution in [0.3, 0.4) is 0 Å². The minimum Gasteiger partial charge on any atom is -0.309 e. The Kier molecular flexibility index (Phi) is 6.97. The Hall–Kier alpha value is -1.90. The topological polar surface area (TPSA) is 51.2 Å². The van der Waals surface area contributed by atoms with Crippen molar-refractivity contribution in [3.63, 3.8) is 0 Å². The first-order chi connectivity index (χ1) is 13.9. The van der Waals surface area contributed by atoms with Crippen LogP contribution >= 0.6 is 7.14 Å². The molecule has 2 aromatic rings. The summed E-state index contributed by atoms with van der Waals surface area (Å²) in [5, 5.41) is 1.51. The van der Waals surface area contributed by atoms with Gasteiger partial charge in [-0.25, -0.2) is 8.42 Å². The molecule has 3 rings (SSSR count). The first-order valence-corrected chi connectivity index (χ1v) is 13.6. The molecule has 0 N–H and O–H groups in total. The van der Waals surface area contributed by atoms with E-state index in [2.05, 4.69) is 6.58 Å². The van der Waals surface area contributed by atoms with Crippen LogP contribution in [0, 0.1) is 0 Å². The van der Waals surface area contributed by atoms with Crippen molar-refractivity contribution in [3.05, 3.63) is 83.0 Å². The number of allylic oxidation sites excluding steroid dienone is 2. The number of benzene rings is 2.